The summed E-state index contributed by atoms with van der Waals surface area (Å²) in [4.78, 5) is 28.2. The van der Waals surface area contributed by atoms with Gasteiger partial charge in [0.05, 0.1) is 0 Å². The number of carbonyl (C=O) groups is 2. The molecule has 1 aliphatic rings. The third-order valence-electron chi connectivity index (χ3n) is 4.63. The van der Waals surface area contributed by atoms with Crippen LogP contribution in [0.5, 0.6) is 0 Å². The second kappa shape index (κ2) is 8.39. The molecule has 1 aliphatic heterocycles. The van der Waals surface area contributed by atoms with E-state index in [1.165, 1.54) is 6.07 Å². The average Bonchev–Trinajstić information content (AvgIpc) is 2.69. The molecule has 0 aromatic heterocycles. The Bertz CT molecular complexity index is 834. The van der Waals surface area contributed by atoms with Crippen LogP contribution in [0.25, 0.3) is 0 Å². The van der Waals surface area contributed by atoms with Gasteiger partial charge in [0.15, 0.2) is 0 Å². The number of nitrogens with one attached hydrogen (secondary N) is 1. The van der Waals surface area contributed by atoms with Crippen LogP contribution in [0.4, 0.5) is 9.18 Å². The van der Waals surface area contributed by atoms with Gasteiger partial charge in [-0.15, -0.1) is 0 Å². The lowest BCUT2D eigenvalue weighted by Gasteiger charge is -2.34. The molecule has 2 aromatic carbocycles. The summed E-state index contributed by atoms with van der Waals surface area (Å²) in [5, 5.41) is 3.38. The number of halogens is 2. The monoisotopic (exact) mass is 389 g/mol. The third-order valence-corrected chi connectivity index (χ3v) is 4.88. The molecule has 0 saturated carbocycles. The van der Waals surface area contributed by atoms with Gasteiger partial charge < -0.3 is 15.1 Å². The Hall–Kier alpha value is -2.60. The van der Waals surface area contributed by atoms with Crippen molar-refractivity contribution in [1.82, 2.24) is 15.1 Å². The van der Waals surface area contributed by atoms with Gasteiger partial charge in [0.2, 0.25) is 0 Å². The summed E-state index contributed by atoms with van der Waals surface area (Å²) in [6.45, 7) is 3.80. The fraction of sp³-hybridized carbons (Fsp3) is 0.300. The number of piperazine rings is 1. The van der Waals surface area contributed by atoms with Gasteiger partial charge in [-0.2, -0.15) is 0 Å². The Morgan fingerprint density at radius 1 is 1.04 bits per heavy atom. The molecule has 1 N–H and O–H groups in total. The average molecular weight is 390 g/mol. The highest BCUT2D eigenvalue weighted by molar-refractivity contribution is 6.30. The van der Waals surface area contributed by atoms with Crippen molar-refractivity contribution >= 4 is 23.5 Å². The zero-order chi connectivity index (χ0) is 19.4. The zero-order valence-corrected chi connectivity index (χ0v) is 15.8. The quantitative estimate of drug-likeness (QED) is 0.874. The van der Waals surface area contributed by atoms with Crippen LogP contribution in [0, 0.1) is 12.7 Å². The van der Waals surface area contributed by atoms with Gasteiger partial charge in [0.1, 0.15) is 5.82 Å². The molecule has 27 heavy (non-hydrogen) atoms. The van der Waals surface area contributed by atoms with Crippen molar-refractivity contribution in [3.63, 3.8) is 0 Å². The first-order valence-electron chi connectivity index (χ1n) is 8.76. The molecule has 0 spiro atoms. The highest BCUT2D eigenvalue weighted by Crippen LogP contribution is 2.13. The molecule has 3 rings (SSSR count). The fourth-order valence-corrected chi connectivity index (χ4v) is 3.05. The summed E-state index contributed by atoms with van der Waals surface area (Å²) in [7, 11) is 0. The Balaban J connectivity index is 1.49. The largest absolute Gasteiger partial charge is 0.335 e. The van der Waals surface area contributed by atoms with Crippen molar-refractivity contribution < 1.29 is 14.0 Å². The van der Waals surface area contributed by atoms with E-state index in [9.17, 15) is 14.0 Å². The third kappa shape index (κ3) is 4.77. The fourth-order valence-electron chi connectivity index (χ4n) is 2.92. The molecule has 2 aromatic rings. The van der Waals surface area contributed by atoms with Crippen molar-refractivity contribution in [3.05, 3.63) is 70.0 Å². The maximum Gasteiger partial charge on any atom is 0.317 e. The van der Waals surface area contributed by atoms with Crippen molar-refractivity contribution in [2.75, 3.05) is 26.2 Å². The molecule has 0 aliphatic carbocycles. The van der Waals surface area contributed by atoms with E-state index in [2.05, 4.69) is 5.32 Å². The number of rotatable bonds is 3. The first-order chi connectivity index (χ1) is 12.9. The van der Waals surface area contributed by atoms with Gasteiger partial charge >= 0.3 is 6.03 Å². The van der Waals surface area contributed by atoms with E-state index in [0.717, 1.165) is 0 Å². The van der Waals surface area contributed by atoms with Crippen molar-refractivity contribution in [2.24, 2.45) is 0 Å². The van der Waals surface area contributed by atoms with Gasteiger partial charge in [-0.1, -0.05) is 23.7 Å². The maximum atomic E-state index is 13.6. The molecule has 142 valence electrons. The van der Waals surface area contributed by atoms with Gasteiger partial charge in [0.25, 0.3) is 5.91 Å². The zero-order valence-electron chi connectivity index (χ0n) is 15.0. The second-order valence-electron chi connectivity index (χ2n) is 6.53. The van der Waals surface area contributed by atoms with E-state index >= 15 is 0 Å². The van der Waals surface area contributed by atoms with Gasteiger partial charge in [-0.25, -0.2) is 9.18 Å². The molecular weight excluding hydrogens is 369 g/mol. The van der Waals surface area contributed by atoms with Crippen LogP contribution >= 0.6 is 11.6 Å². The van der Waals surface area contributed by atoms with Crippen LogP contribution in [0.2, 0.25) is 5.02 Å². The summed E-state index contributed by atoms with van der Waals surface area (Å²) < 4.78 is 13.6. The smallest absolute Gasteiger partial charge is 0.317 e. The molecule has 3 amide bonds. The van der Waals surface area contributed by atoms with E-state index in [0.29, 0.717) is 47.9 Å². The standard InChI is InChI=1S/C20H21ClFN3O2/c1-14-2-3-15(12-18(14)22)13-23-20(27)25-10-8-24(9-11-25)19(26)16-4-6-17(21)7-5-16/h2-7,12H,8-11,13H2,1H3,(H,23,27). The highest BCUT2D eigenvalue weighted by Gasteiger charge is 2.24. The van der Waals surface area contributed by atoms with Gasteiger partial charge in [0, 0.05) is 43.3 Å². The van der Waals surface area contributed by atoms with E-state index in [1.807, 2.05) is 0 Å². The molecule has 1 fully saturated rings. The molecular formula is C20H21ClFN3O2. The Morgan fingerprint density at radius 2 is 1.67 bits per heavy atom. The van der Waals surface area contributed by atoms with Crippen molar-refractivity contribution in [2.45, 2.75) is 13.5 Å². The van der Waals surface area contributed by atoms with Crippen LogP contribution in [0.1, 0.15) is 21.5 Å². The summed E-state index contributed by atoms with van der Waals surface area (Å²) in [5.74, 6) is -0.349. The van der Waals surface area contributed by atoms with Gasteiger partial charge in [-0.05, 0) is 48.4 Å². The number of hydrogen-bond acceptors (Lipinski definition) is 2. The normalized spacial score (nSPS) is 14.2. The Morgan fingerprint density at radius 3 is 2.30 bits per heavy atom. The summed E-state index contributed by atoms with van der Waals surface area (Å²) in [5.41, 5.74) is 1.87. The van der Waals surface area contributed by atoms with Crippen molar-refractivity contribution in [3.8, 4) is 0 Å². The maximum absolute atomic E-state index is 13.6. The number of nitrogens with zero attached hydrogens (tertiary/aromatic N) is 2. The molecule has 1 saturated heterocycles. The first kappa shape index (κ1) is 19.2. The minimum atomic E-state index is -0.281. The predicted molar refractivity (Wildman–Crippen MR) is 102 cm³/mol. The summed E-state index contributed by atoms with van der Waals surface area (Å²) >= 11 is 5.85. The van der Waals surface area contributed by atoms with E-state index in [1.54, 1.807) is 53.1 Å². The van der Waals surface area contributed by atoms with E-state index in [-0.39, 0.29) is 24.3 Å². The van der Waals surface area contributed by atoms with Crippen LogP contribution in [0.3, 0.4) is 0 Å². The number of benzene rings is 2. The molecule has 7 heteroatoms. The SMILES string of the molecule is Cc1ccc(CNC(=O)N2CCN(C(=O)c3ccc(Cl)cc3)CC2)cc1F. The lowest BCUT2D eigenvalue weighted by molar-refractivity contribution is 0.0665. The van der Waals surface area contributed by atoms with E-state index in [4.69, 9.17) is 11.6 Å². The molecule has 5 nitrogen and oxygen atoms in total. The molecule has 0 atom stereocenters. The first-order valence-corrected chi connectivity index (χ1v) is 9.14. The summed E-state index contributed by atoms with van der Waals surface area (Å²) in [6.07, 6.45) is 0. The molecule has 0 bridgehead atoms. The molecule has 0 radical (unpaired) electrons. The second-order valence-corrected chi connectivity index (χ2v) is 6.96. The van der Waals surface area contributed by atoms with E-state index < -0.39 is 0 Å². The van der Waals surface area contributed by atoms with Crippen LogP contribution < -0.4 is 5.32 Å². The molecule has 1 heterocycles. The Kier molecular flexibility index (Phi) is 5.96. The lowest BCUT2D eigenvalue weighted by Crippen LogP contribution is -2.53. The predicted octanol–water partition coefficient (Wildman–Crippen LogP) is 3.46. The van der Waals surface area contributed by atoms with Crippen LogP contribution in [-0.2, 0) is 6.54 Å². The molecule has 0 unspecified atom stereocenters. The number of hydrogen-bond donors (Lipinski definition) is 1. The number of carbonyl (C=O) groups excluding carboxylic acids is 2. The van der Waals surface area contributed by atoms with Gasteiger partial charge in [-0.3, -0.25) is 4.79 Å². The minimum absolute atomic E-state index is 0.0677. The van der Waals surface area contributed by atoms with Crippen LogP contribution in [0.15, 0.2) is 42.5 Å². The number of aryl methyl sites for hydroxylation is 1. The topological polar surface area (TPSA) is 52.7 Å². The number of urea groups is 1. The van der Waals surface area contributed by atoms with Crippen molar-refractivity contribution in [1.29, 1.82) is 0 Å². The minimum Gasteiger partial charge on any atom is -0.335 e. The van der Waals surface area contributed by atoms with Crippen LogP contribution in [-0.4, -0.2) is 47.9 Å². The summed E-state index contributed by atoms with van der Waals surface area (Å²) in [6, 6.07) is 11.5. The Labute approximate surface area is 162 Å². The highest BCUT2D eigenvalue weighted by atomic mass is 35.5. The lowest BCUT2D eigenvalue weighted by atomic mass is 10.1. The number of amides is 3.